The van der Waals surface area contributed by atoms with Crippen molar-refractivity contribution in [3.8, 4) is 0 Å². The molecule has 2 N–H and O–H groups in total. The van der Waals surface area contributed by atoms with Gasteiger partial charge in [0.05, 0.1) is 18.7 Å². The zero-order chi connectivity index (χ0) is 20.9. The summed E-state index contributed by atoms with van der Waals surface area (Å²) in [5, 5.41) is 12.7. The molecule has 0 bridgehead atoms. The molecule has 154 valence electrons. The van der Waals surface area contributed by atoms with Gasteiger partial charge in [-0.2, -0.15) is 0 Å². The number of pyridine rings is 1. The first-order chi connectivity index (χ1) is 14.7. The zero-order valence-corrected chi connectivity index (χ0v) is 16.7. The first-order valence-electron chi connectivity index (χ1n) is 9.90. The van der Waals surface area contributed by atoms with Gasteiger partial charge in [0.25, 0.3) is 0 Å². The van der Waals surface area contributed by atoms with Gasteiger partial charge >= 0.3 is 0 Å². The lowest BCUT2D eigenvalue weighted by molar-refractivity contribution is -0.125. The van der Waals surface area contributed by atoms with E-state index in [1.165, 1.54) is 0 Å². The molecule has 0 spiro atoms. The summed E-state index contributed by atoms with van der Waals surface area (Å²) in [5.74, 6) is 1.06. The van der Waals surface area contributed by atoms with E-state index < -0.39 is 12.1 Å². The molecular formula is C23H24N4O3. The Kier molecular flexibility index (Phi) is 5.90. The van der Waals surface area contributed by atoms with E-state index in [1.807, 2.05) is 72.6 Å². The van der Waals surface area contributed by atoms with Crippen molar-refractivity contribution in [2.24, 2.45) is 4.99 Å². The number of benzene rings is 1. The lowest BCUT2D eigenvalue weighted by Crippen LogP contribution is -2.49. The van der Waals surface area contributed by atoms with Crippen LogP contribution in [0.2, 0.25) is 0 Å². The molecule has 1 aromatic heterocycles. The smallest absolute Gasteiger partial charge is 0.245 e. The highest BCUT2D eigenvalue weighted by Gasteiger charge is 2.41. The van der Waals surface area contributed by atoms with E-state index >= 15 is 0 Å². The van der Waals surface area contributed by atoms with Gasteiger partial charge in [-0.3, -0.25) is 14.8 Å². The Morgan fingerprint density at radius 2 is 2.10 bits per heavy atom. The Morgan fingerprint density at radius 1 is 1.27 bits per heavy atom. The highest BCUT2D eigenvalue weighted by molar-refractivity contribution is 6.03. The summed E-state index contributed by atoms with van der Waals surface area (Å²) in [6.07, 6.45) is 9.00. The summed E-state index contributed by atoms with van der Waals surface area (Å²) in [6, 6.07) is 12.0. The second-order valence-corrected chi connectivity index (χ2v) is 7.22. The van der Waals surface area contributed by atoms with E-state index in [4.69, 9.17) is 4.74 Å². The predicted octanol–water partition coefficient (Wildman–Crippen LogP) is 2.33. The SMILES string of the molecule is CC1N=C2C(OCc3cccnc3)=CC=CN2C1C(=O)N[C@@H](CO)c1ccccc1. The number of nitrogens with zero attached hydrogens (tertiary/aromatic N) is 3. The van der Waals surface area contributed by atoms with Gasteiger partial charge in [0.2, 0.25) is 5.91 Å². The largest absolute Gasteiger partial charge is 0.485 e. The number of fused-ring (bicyclic) bond motifs is 1. The number of hydrogen-bond acceptors (Lipinski definition) is 6. The number of aliphatic imine (C=N–C) groups is 1. The number of ether oxygens (including phenoxy) is 1. The predicted molar refractivity (Wildman–Crippen MR) is 113 cm³/mol. The van der Waals surface area contributed by atoms with Crippen LogP contribution in [0.15, 0.2) is 84.0 Å². The third-order valence-electron chi connectivity index (χ3n) is 5.13. The van der Waals surface area contributed by atoms with Crippen LogP contribution in [-0.4, -0.2) is 45.4 Å². The molecule has 2 unspecified atom stereocenters. The van der Waals surface area contributed by atoms with Crippen molar-refractivity contribution >= 4 is 11.7 Å². The fourth-order valence-corrected chi connectivity index (χ4v) is 3.63. The second kappa shape index (κ2) is 8.92. The first kappa shape index (κ1) is 19.8. The summed E-state index contributed by atoms with van der Waals surface area (Å²) in [7, 11) is 0. The molecule has 2 aliphatic heterocycles. The van der Waals surface area contributed by atoms with Crippen LogP contribution < -0.4 is 5.32 Å². The Bertz CT molecular complexity index is 972. The van der Waals surface area contributed by atoms with Gasteiger partial charge in [-0.05, 0) is 30.7 Å². The van der Waals surface area contributed by atoms with Gasteiger partial charge in [-0.15, -0.1) is 0 Å². The van der Waals surface area contributed by atoms with Crippen LogP contribution in [0.1, 0.15) is 24.1 Å². The Morgan fingerprint density at radius 3 is 2.83 bits per heavy atom. The van der Waals surface area contributed by atoms with E-state index in [9.17, 15) is 9.90 Å². The van der Waals surface area contributed by atoms with Crippen LogP contribution in [-0.2, 0) is 16.1 Å². The number of carbonyl (C=O) groups excluding carboxylic acids is 1. The average Bonchev–Trinajstić information content (AvgIpc) is 3.13. The van der Waals surface area contributed by atoms with E-state index in [0.29, 0.717) is 18.2 Å². The van der Waals surface area contributed by atoms with E-state index in [-0.39, 0.29) is 18.6 Å². The van der Waals surface area contributed by atoms with Gasteiger partial charge in [0.1, 0.15) is 12.6 Å². The van der Waals surface area contributed by atoms with Crippen molar-refractivity contribution in [3.05, 3.63) is 90.1 Å². The molecule has 0 saturated heterocycles. The molecule has 1 amide bonds. The number of carbonyl (C=O) groups is 1. The van der Waals surface area contributed by atoms with Gasteiger partial charge in [-0.1, -0.05) is 36.4 Å². The number of aromatic nitrogens is 1. The van der Waals surface area contributed by atoms with Gasteiger partial charge < -0.3 is 20.1 Å². The standard InChI is InChI=1S/C23H24N4O3/c1-16-21(23(29)26-19(14-28)18-8-3-2-4-9-18)27-12-6-10-20(22(27)25-16)30-15-17-7-5-11-24-13-17/h2-13,16,19,21,28H,14-15H2,1H3,(H,26,29)/t16?,19-,21?/m0/s1. The van der Waals surface area contributed by atoms with Crippen LogP contribution >= 0.6 is 0 Å². The molecule has 0 saturated carbocycles. The number of aliphatic hydroxyl groups is 1. The van der Waals surface area contributed by atoms with E-state index in [0.717, 1.165) is 11.1 Å². The third kappa shape index (κ3) is 4.11. The van der Waals surface area contributed by atoms with Crippen molar-refractivity contribution in [2.75, 3.05) is 6.61 Å². The average molecular weight is 404 g/mol. The quantitative estimate of drug-likeness (QED) is 0.740. The summed E-state index contributed by atoms with van der Waals surface area (Å²) < 4.78 is 5.96. The zero-order valence-electron chi connectivity index (χ0n) is 16.7. The van der Waals surface area contributed by atoms with Crippen molar-refractivity contribution in [2.45, 2.75) is 31.7 Å². The molecule has 7 heteroatoms. The minimum absolute atomic E-state index is 0.181. The van der Waals surface area contributed by atoms with Crippen LogP contribution in [0.4, 0.5) is 0 Å². The maximum absolute atomic E-state index is 13.1. The summed E-state index contributed by atoms with van der Waals surface area (Å²) >= 11 is 0. The fraction of sp³-hybridized carbons (Fsp3) is 0.261. The number of allylic oxidation sites excluding steroid dienone is 2. The number of aliphatic hydroxyl groups excluding tert-OH is 1. The molecule has 0 fully saturated rings. The molecule has 0 radical (unpaired) electrons. The number of nitrogens with one attached hydrogen (secondary N) is 1. The van der Waals surface area contributed by atoms with Crippen molar-refractivity contribution < 1.29 is 14.6 Å². The van der Waals surface area contributed by atoms with Crippen molar-refractivity contribution in [3.63, 3.8) is 0 Å². The van der Waals surface area contributed by atoms with E-state index in [1.54, 1.807) is 12.4 Å². The maximum atomic E-state index is 13.1. The maximum Gasteiger partial charge on any atom is 0.245 e. The van der Waals surface area contributed by atoms with Crippen molar-refractivity contribution in [1.29, 1.82) is 0 Å². The lowest BCUT2D eigenvalue weighted by atomic mass is 10.1. The minimum Gasteiger partial charge on any atom is -0.485 e. The Balaban J connectivity index is 1.45. The molecule has 3 heterocycles. The highest BCUT2D eigenvalue weighted by atomic mass is 16.5. The normalized spacial score (nSPS) is 20.8. The van der Waals surface area contributed by atoms with Crippen LogP contribution in [0.25, 0.3) is 0 Å². The number of amides is 1. The third-order valence-corrected chi connectivity index (χ3v) is 5.13. The van der Waals surface area contributed by atoms with E-state index in [2.05, 4.69) is 15.3 Å². The van der Waals surface area contributed by atoms with Crippen molar-refractivity contribution in [1.82, 2.24) is 15.2 Å². The van der Waals surface area contributed by atoms with Gasteiger partial charge in [0.15, 0.2) is 11.6 Å². The molecule has 3 atom stereocenters. The summed E-state index contributed by atoms with van der Waals surface area (Å²) in [5.41, 5.74) is 1.81. The molecule has 1 aromatic carbocycles. The summed E-state index contributed by atoms with van der Waals surface area (Å²) in [6.45, 7) is 2.09. The van der Waals surface area contributed by atoms with Crippen LogP contribution in [0.5, 0.6) is 0 Å². The molecule has 0 aliphatic carbocycles. The fourth-order valence-electron chi connectivity index (χ4n) is 3.63. The number of amidine groups is 1. The first-order valence-corrected chi connectivity index (χ1v) is 9.90. The molecule has 30 heavy (non-hydrogen) atoms. The monoisotopic (exact) mass is 404 g/mol. The lowest BCUT2D eigenvalue weighted by Gasteiger charge is -2.29. The molecule has 2 aromatic rings. The topological polar surface area (TPSA) is 87.1 Å². The van der Waals surface area contributed by atoms with Gasteiger partial charge in [0, 0.05) is 24.2 Å². The Hall–Kier alpha value is -3.45. The molecular weight excluding hydrogens is 380 g/mol. The molecule has 2 aliphatic rings. The summed E-state index contributed by atoms with van der Waals surface area (Å²) in [4.78, 5) is 23.7. The van der Waals surface area contributed by atoms with Crippen LogP contribution in [0, 0.1) is 0 Å². The second-order valence-electron chi connectivity index (χ2n) is 7.22. The highest BCUT2D eigenvalue weighted by Crippen LogP contribution is 2.27. The number of rotatable bonds is 7. The van der Waals surface area contributed by atoms with Crippen LogP contribution in [0.3, 0.4) is 0 Å². The minimum atomic E-state index is -0.514. The molecule has 4 rings (SSSR count). The Labute approximate surface area is 175 Å². The number of hydrogen-bond donors (Lipinski definition) is 2. The molecule has 7 nitrogen and oxygen atoms in total. The van der Waals surface area contributed by atoms with Gasteiger partial charge in [-0.25, -0.2) is 0 Å².